The number of rotatable bonds is 4. The molecule has 4 rings (SSSR count). The number of H-pyrrole nitrogens is 1. The molecule has 2 aliphatic rings. The minimum atomic E-state index is -1.96. The number of nitrogens with zero attached hydrogens (tertiary/aromatic N) is 1. The first-order valence-corrected chi connectivity index (χ1v) is 9.85. The smallest absolute Gasteiger partial charge is 0.341 e. The van der Waals surface area contributed by atoms with Crippen LogP contribution >= 0.6 is 0 Å². The van der Waals surface area contributed by atoms with Crippen LogP contribution in [-0.2, 0) is 29.3 Å². The topological polar surface area (TPSA) is 141 Å². The van der Waals surface area contributed by atoms with Crippen molar-refractivity contribution in [2.45, 2.75) is 19.3 Å². The number of para-hydroxylation sites is 1. The van der Waals surface area contributed by atoms with Gasteiger partial charge >= 0.3 is 11.9 Å². The van der Waals surface area contributed by atoms with Crippen molar-refractivity contribution in [3.63, 3.8) is 0 Å². The van der Waals surface area contributed by atoms with Crippen LogP contribution in [0.25, 0.3) is 0 Å². The highest BCUT2D eigenvalue weighted by Gasteiger charge is 2.62. The number of benzene rings is 1. The van der Waals surface area contributed by atoms with Crippen LogP contribution in [0.15, 0.2) is 46.6 Å². The number of carbonyl (C=O) groups is 3. The van der Waals surface area contributed by atoms with Crippen molar-refractivity contribution in [1.82, 2.24) is 4.98 Å². The third-order valence-electron chi connectivity index (χ3n) is 5.51. The molecule has 0 saturated carbocycles. The van der Waals surface area contributed by atoms with Gasteiger partial charge in [-0.05, 0) is 19.9 Å². The number of ether oxygens (including phenoxy) is 3. The van der Waals surface area contributed by atoms with Gasteiger partial charge in [0.05, 0.1) is 19.3 Å². The zero-order chi connectivity index (χ0) is 23.2. The SMILES string of the molecule is CCOC(=O)C1=C(N)Oc2cc(C)[nH]c(=O)c2C12C(=O)N(CC(=O)OC)c1ccccc12. The molecule has 2 aliphatic heterocycles. The zero-order valence-electron chi connectivity index (χ0n) is 17.7. The molecular formula is C22H21N3O7. The number of fused-ring (bicyclic) bond motifs is 4. The molecule has 1 atom stereocenters. The van der Waals surface area contributed by atoms with E-state index in [1.165, 1.54) is 18.1 Å². The number of aromatic amines is 1. The summed E-state index contributed by atoms with van der Waals surface area (Å²) in [6.45, 7) is 2.82. The van der Waals surface area contributed by atoms with Crippen molar-refractivity contribution in [2.24, 2.45) is 5.73 Å². The maximum Gasteiger partial charge on any atom is 0.341 e. The predicted octanol–water partition coefficient (Wildman–Crippen LogP) is 0.615. The Kier molecular flexibility index (Phi) is 5.00. The second-order valence-corrected chi connectivity index (χ2v) is 7.32. The first-order valence-electron chi connectivity index (χ1n) is 9.85. The van der Waals surface area contributed by atoms with E-state index >= 15 is 0 Å². The highest BCUT2D eigenvalue weighted by atomic mass is 16.5. The maximum absolute atomic E-state index is 14.1. The molecule has 1 aromatic heterocycles. The molecule has 166 valence electrons. The molecule has 0 radical (unpaired) electrons. The second kappa shape index (κ2) is 7.56. The molecule has 3 N–H and O–H groups in total. The Morgan fingerprint density at radius 1 is 1.25 bits per heavy atom. The van der Waals surface area contributed by atoms with E-state index in [1.807, 2.05) is 0 Å². The van der Waals surface area contributed by atoms with E-state index in [9.17, 15) is 19.2 Å². The number of aromatic nitrogens is 1. The van der Waals surface area contributed by atoms with Crippen LogP contribution in [0.2, 0.25) is 0 Å². The summed E-state index contributed by atoms with van der Waals surface area (Å²) in [5.41, 5.74) is 4.26. The number of hydrogen-bond acceptors (Lipinski definition) is 8. The third kappa shape index (κ3) is 2.79. The molecular weight excluding hydrogens is 418 g/mol. The minimum absolute atomic E-state index is 0.00448. The number of methoxy groups -OCH3 is 1. The summed E-state index contributed by atoms with van der Waals surface area (Å²) >= 11 is 0. The molecule has 0 aliphatic carbocycles. The van der Waals surface area contributed by atoms with E-state index in [-0.39, 0.29) is 29.4 Å². The third-order valence-corrected chi connectivity index (χ3v) is 5.51. The molecule has 2 aromatic rings. The fraction of sp³-hybridized carbons (Fsp3) is 0.273. The van der Waals surface area contributed by atoms with Gasteiger partial charge in [-0.15, -0.1) is 0 Å². The van der Waals surface area contributed by atoms with Gasteiger partial charge in [0.2, 0.25) is 11.8 Å². The monoisotopic (exact) mass is 439 g/mol. The van der Waals surface area contributed by atoms with Gasteiger partial charge in [-0.1, -0.05) is 18.2 Å². The van der Waals surface area contributed by atoms with Gasteiger partial charge < -0.3 is 24.9 Å². The van der Waals surface area contributed by atoms with Gasteiger partial charge in [0, 0.05) is 23.0 Å². The molecule has 1 unspecified atom stereocenters. The van der Waals surface area contributed by atoms with Crippen LogP contribution in [0.4, 0.5) is 5.69 Å². The van der Waals surface area contributed by atoms with Crippen LogP contribution in [0.3, 0.4) is 0 Å². The number of pyridine rings is 1. The number of hydrogen-bond donors (Lipinski definition) is 2. The number of anilines is 1. The van der Waals surface area contributed by atoms with Gasteiger partial charge in [0.25, 0.3) is 5.56 Å². The number of aryl methyl sites for hydroxylation is 1. The average molecular weight is 439 g/mol. The summed E-state index contributed by atoms with van der Waals surface area (Å²) in [4.78, 5) is 56.3. The number of nitrogens with two attached hydrogens (primary N) is 1. The quantitative estimate of drug-likeness (QED) is 0.661. The maximum atomic E-state index is 14.1. The van der Waals surface area contributed by atoms with E-state index in [0.717, 1.165) is 0 Å². The summed E-state index contributed by atoms with van der Waals surface area (Å²) in [6.07, 6.45) is 0. The first kappa shape index (κ1) is 21.2. The van der Waals surface area contributed by atoms with Crippen LogP contribution in [0.1, 0.15) is 23.7 Å². The van der Waals surface area contributed by atoms with Gasteiger partial charge in [-0.2, -0.15) is 0 Å². The van der Waals surface area contributed by atoms with E-state index in [0.29, 0.717) is 16.9 Å². The molecule has 10 heteroatoms. The molecule has 0 saturated heterocycles. The lowest BCUT2D eigenvalue weighted by atomic mass is 9.68. The number of amides is 1. The fourth-order valence-corrected chi connectivity index (χ4v) is 4.32. The van der Waals surface area contributed by atoms with Gasteiger partial charge in [0.15, 0.2) is 0 Å². The number of carbonyl (C=O) groups excluding carboxylic acids is 3. The predicted molar refractivity (Wildman–Crippen MR) is 112 cm³/mol. The highest BCUT2D eigenvalue weighted by Crippen LogP contribution is 2.54. The van der Waals surface area contributed by atoms with Crippen molar-refractivity contribution in [3.8, 4) is 5.75 Å². The van der Waals surface area contributed by atoms with Crippen LogP contribution in [0.5, 0.6) is 5.75 Å². The fourth-order valence-electron chi connectivity index (χ4n) is 4.32. The van der Waals surface area contributed by atoms with Crippen LogP contribution in [0, 0.1) is 6.92 Å². The van der Waals surface area contributed by atoms with Gasteiger partial charge in [-0.25, -0.2) is 4.79 Å². The molecule has 0 fully saturated rings. The Morgan fingerprint density at radius 2 is 1.97 bits per heavy atom. The molecule has 3 heterocycles. The van der Waals surface area contributed by atoms with Crippen molar-refractivity contribution in [2.75, 3.05) is 25.2 Å². The van der Waals surface area contributed by atoms with Gasteiger partial charge in [0.1, 0.15) is 23.3 Å². The lowest BCUT2D eigenvalue weighted by molar-refractivity contribution is -0.141. The lowest BCUT2D eigenvalue weighted by Gasteiger charge is -2.35. The van der Waals surface area contributed by atoms with Crippen molar-refractivity contribution >= 4 is 23.5 Å². The Labute approximate surface area is 182 Å². The molecule has 1 amide bonds. The highest BCUT2D eigenvalue weighted by molar-refractivity contribution is 6.19. The Morgan fingerprint density at radius 3 is 2.66 bits per heavy atom. The van der Waals surface area contributed by atoms with E-state index < -0.39 is 35.4 Å². The normalized spacial score (nSPS) is 18.8. The Bertz CT molecular complexity index is 1250. The van der Waals surface area contributed by atoms with Crippen molar-refractivity contribution < 1.29 is 28.6 Å². The number of nitrogens with one attached hydrogen (secondary N) is 1. The summed E-state index contributed by atoms with van der Waals surface area (Å²) in [7, 11) is 1.20. The molecule has 32 heavy (non-hydrogen) atoms. The first-order chi connectivity index (χ1) is 15.3. The largest absolute Gasteiger partial charge is 0.468 e. The van der Waals surface area contributed by atoms with Crippen molar-refractivity contribution in [1.29, 1.82) is 0 Å². The molecule has 10 nitrogen and oxygen atoms in total. The van der Waals surface area contributed by atoms with Crippen LogP contribution < -0.4 is 20.9 Å². The van der Waals surface area contributed by atoms with Crippen molar-refractivity contribution in [3.05, 3.63) is 69.0 Å². The second-order valence-electron chi connectivity index (χ2n) is 7.32. The number of esters is 2. The van der Waals surface area contributed by atoms with E-state index in [4.69, 9.17) is 19.9 Å². The molecule has 1 aromatic carbocycles. The molecule has 0 bridgehead atoms. The summed E-state index contributed by atoms with van der Waals surface area (Å²) < 4.78 is 15.6. The zero-order valence-corrected chi connectivity index (χ0v) is 17.7. The Hall–Kier alpha value is -4.08. The van der Waals surface area contributed by atoms with Gasteiger partial charge in [-0.3, -0.25) is 19.3 Å². The van der Waals surface area contributed by atoms with Crippen LogP contribution in [-0.4, -0.2) is 43.1 Å². The van der Waals surface area contributed by atoms with E-state index in [2.05, 4.69) is 4.98 Å². The lowest BCUT2D eigenvalue weighted by Crippen LogP contribution is -2.52. The average Bonchev–Trinajstić information content (AvgIpc) is 2.96. The molecule has 1 spiro atoms. The summed E-state index contributed by atoms with van der Waals surface area (Å²) in [5, 5.41) is 0. The summed E-state index contributed by atoms with van der Waals surface area (Å²) in [6, 6.07) is 8.07. The minimum Gasteiger partial charge on any atom is -0.468 e. The summed E-state index contributed by atoms with van der Waals surface area (Å²) in [5.74, 6) is -2.61. The van der Waals surface area contributed by atoms with E-state index in [1.54, 1.807) is 38.1 Å². The Balaban J connectivity index is 2.12. The standard InChI is InChI=1S/C22H21N3O7/c1-4-31-20(28)17-18(23)32-14-9-11(2)24-19(27)16(14)22(17)12-7-5-6-8-13(12)25(21(22)29)10-15(26)30-3/h5-9H,4,10,23H2,1-3H3,(H,24,27).